The molecule has 0 aliphatic heterocycles. The number of carbonyl (C=O) groups is 1. The molecule has 2 aromatic rings. The van der Waals surface area contributed by atoms with Crippen LogP contribution in [0.3, 0.4) is 0 Å². The number of para-hydroxylation sites is 1. The summed E-state index contributed by atoms with van der Waals surface area (Å²) < 4.78 is 27.4. The maximum absolute atomic E-state index is 13.1. The molecule has 5 nitrogen and oxygen atoms in total. The largest absolute Gasteiger partial charge is 0.336 e. The Bertz CT molecular complexity index is 943. The molecule has 0 aliphatic carbocycles. The van der Waals surface area contributed by atoms with Crippen molar-refractivity contribution < 1.29 is 13.2 Å². The third-order valence-electron chi connectivity index (χ3n) is 4.73. The fourth-order valence-corrected chi connectivity index (χ4v) is 4.14. The molecule has 0 fully saturated rings. The SMILES string of the molecule is C#CC(CC)(CC)NC(=O)c1ccccc1S(=O)(=O)N(C)c1ccccc1. The Morgan fingerprint density at radius 1 is 1.07 bits per heavy atom. The van der Waals surface area contributed by atoms with Crippen molar-refractivity contribution in [3.05, 3.63) is 60.2 Å². The number of benzene rings is 2. The first kappa shape index (κ1) is 20.5. The van der Waals surface area contributed by atoms with E-state index in [0.717, 1.165) is 4.31 Å². The Balaban J connectivity index is 2.46. The summed E-state index contributed by atoms with van der Waals surface area (Å²) in [5, 5.41) is 2.83. The standard InChI is InChI=1S/C21H24N2O3S/c1-5-21(6-2,7-3)22-20(24)18-15-11-12-16-19(18)27(25,26)23(4)17-13-9-8-10-14-17/h1,8-16H,6-7H2,2-4H3,(H,22,24). The van der Waals surface area contributed by atoms with Crippen molar-refractivity contribution in [2.45, 2.75) is 37.1 Å². The topological polar surface area (TPSA) is 66.5 Å². The Labute approximate surface area is 161 Å². The molecule has 27 heavy (non-hydrogen) atoms. The molecule has 0 saturated heterocycles. The number of amides is 1. The van der Waals surface area contributed by atoms with Gasteiger partial charge in [-0.15, -0.1) is 6.42 Å². The zero-order valence-corrected chi connectivity index (χ0v) is 16.6. The lowest BCUT2D eigenvalue weighted by atomic mass is 9.93. The van der Waals surface area contributed by atoms with Crippen molar-refractivity contribution in [3.8, 4) is 12.3 Å². The number of anilines is 1. The van der Waals surface area contributed by atoms with Gasteiger partial charge in [-0.3, -0.25) is 9.10 Å². The minimum absolute atomic E-state index is 0.0630. The Morgan fingerprint density at radius 3 is 2.19 bits per heavy atom. The average Bonchev–Trinajstić information content (AvgIpc) is 2.72. The first-order chi connectivity index (χ1) is 12.8. The van der Waals surface area contributed by atoms with Gasteiger partial charge < -0.3 is 5.32 Å². The van der Waals surface area contributed by atoms with E-state index in [1.54, 1.807) is 42.5 Å². The zero-order valence-electron chi connectivity index (χ0n) is 15.8. The number of carbonyl (C=O) groups excluding carboxylic acids is 1. The van der Waals surface area contributed by atoms with E-state index in [0.29, 0.717) is 18.5 Å². The molecule has 6 heteroatoms. The number of hydrogen-bond donors (Lipinski definition) is 1. The number of sulfonamides is 1. The number of terminal acetylenes is 1. The van der Waals surface area contributed by atoms with Crippen LogP contribution in [0.1, 0.15) is 37.0 Å². The predicted octanol–water partition coefficient (Wildman–Crippen LogP) is 3.43. The third kappa shape index (κ3) is 4.15. The molecular formula is C21H24N2O3S. The lowest BCUT2D eigenvalue weighted by Crippen LogP contribution is -2.47. The second kappa shape index (κ2) is 8.28. The van der Waals surface area contributed by atoms with Gasteiger partial charge in [0.05, 0.1) is 11.3 Å². The summed E-state index contributed by atoms with van der Waals surface area (Å²) in [6.45, 7) is 3.77. The van der Waals surface area contributed by atoms with Crippen molar-refractivity contribution in [3.63, 3.8) is 0 Å². The fourth-order valence-electron chi connectivity index (χ4n) is 2.76. The van der Waals surface area contributed by atoms with Crippen molar-refractivity contribution in [2.24, 2.45) is 0 Å². The van der Waals surface area contributed by atoms with E-state index >= 15 is 0 Å². The van der Waals surface area contributed by atoms with Gasteiger partial charge >= 0.3 is 0 Å². The van der Waals surface area contributed by atoms with Gasteiger partial charge in [-0.25, -0.2) is 8.42 Å². The van der Waals surface area contributed by atoms with Gasteiger partial charge in [-0.05, 0) is 37.1 Å². The van der Waals surface area contributed by atoms with E-state index in [-0.39, 0.29) is 10.5 Å². The van der Waals surface area contributed by atoms with Crippen LogP contribution in [0.25, 0.3) is 0 Å². The van der Waals surface area contributed by atoms with Crippen molar-refractivity contribution >= 4 is 21.6 Å². The highest BCUT2D eigenvalue weighted by molar-refractivity contribution is 7.92. The molecule has 2 rings (SSSR count). The van der Waals surface area contributed by atoms with E-state index < -0.39 is 21.5 Å². The molecule has 0 unspecified atom stereocenters. The molecule has 0 aromatic heterocycles. The highest BCUT2D eigenvalue weighted by Crippen LogP contribution is 2.25. The summed E-state index contributed by atoms with van der Waals surface area (Å²) in [6.07, 6.45) is 6.70. The first-order valence-electron chi connectivity index (χ1n) is 8.74. The van der Waals surface area contributed by atoms with Crippen LogP contribution < -0.4 is 9.62 Å². The lowest BCUT2D eigenvalue weighted by Gasteiger charge is -2.28. The average molecular weight is 385 g/mol. The summed E-state index contributed by atoms with van der Waals surface area (Å²) in [5.41, 5.74) is -0.228. The molecule has 0 saturated carbocycles. The minimum atomic E-state index is -3.92. The van der Waals surface area contributed by atoms with Crippen LogP contribution in [-0.4, -0.2) is 26.9 Å². The number of nitrogens with one attached hydrogen (secondary N) is 1. The highest BCUT2D eigenvalue weighted by Gasteiger charge is 2.30. The Morgan fingerprint density at radius 2 is 1.63 bits per heavy atom. The quantitative estimate of drug-likeness (QED) is 0.744. The first-order valence-corrected chi connectivity index (χ1v) is 10.2. The van der Waals surface area contributed by atoms with Crippen molar-refractivity contribution in [1.29, 1.82) is 0 Å². The molecule has 1 amide bonds. The molecule has 1 N–H and O–H groups in total. The number of hydrogen-bond acceptors (Lipinski definition) is 3. The molecule has 0 heterocycles. The summed E-state index contributed by atoms with van der Waals surface area (Å²) >= 11 is 0. The van der Waals surface area contributed by atoms with Crippen LogP contribution in [-0.2, 0) is 10.0 Å². The van der Waals surface area contributed by atoms with Gasteiger partial charge in [-0.1, -0.05) is 50.1 Å². The maximum Gasteiger partial charge on any atom is 0.264 e. The Kier molecular flexibility index (Phi) is 6.29. The van der Waals surface area contributed by atoms with Crippen LogP contribution in [0.5, 0.6) is 0 Å². The monoisotopic (exact) mass is 384 g/mol. The summed E-state index contributed by atoms with van der Waals surface area (Å²) in [5.74, 6) is 2.13. The lowest BCUT2D eigenvalue weighted by molar-refractivity contribution is 0.0913. The zero-order chi connectivity index (χ0) is 20.1. The smallest absolute Gasteiger partial charge is 0.264 e. The van der Waals surface area contributed by atoms with Crippen molar-refractivity contribution in [2.75, 3.05) is 11.4 Å². The van der Waals surface area contributed by atoms with Gasteiger partial charge in [-0.2, -0.15) is 0 Å². The molecule has 2 aromatic carbocycles. The third-order valence-corrected chi connectivity index (χ3v) is 6.57. The fraction of sp³-hybridized carbons (Fsp3) is 0.286. The number of nitrogens with zero attached hydrogens (tertiary/aromatic N) is 1. The van der Waals surface area contributed by atoms with Crippen molar-refractivity contribution in [1.82, 2.24) is 5.32 Å². The van der Waals surface area contributed by atoms with Gasteiger partial charge in [0, 0.05) is 7.05 Å². The molecule has 0 spiro atoms. The summed E-state index contributed by atoms with van der Waals surface area (Å²) in [7, 11) is -2.46. The van der Waals surface area contributed by atoms with Crippen LogP contribution in [0.2, 0.25) is 0 Å². The second-order valence-electron chi connectivity index (χ2n) is 6.19. The van der Waals surface area contributed by atoms with Crippen LogP contribution in [0.4, 0.5) is 5.69 Å². The second-order valence-corrected chi connectivity index (χ2v) is 8.13. The van der Waals surface area contributed by atoms with E-state index in [9.17, 15) is 13.2 Å². The van der Waals surface area contributed by atoms with E-state index in [2.05, 4.69) is 11.2 Å². The molecular weight excluding hydrogens is 360 g/mol. The van der Waals surface area contributed by atoms with Crippen LogP contribution in [0.15, 0.2) is 59.5 Å². The van der Waals surface area contributed by atoms with E-state index in [1.165, 1.54) is 19.2 Å². The van der Waals surface area contributed by atoms with Gasteiger partial charge in [0.25, 0.3) is 15.9 Å². The summed E-state index contributed by atoms with van der Waals surface area (Å²) in [4.78, 5) is 12.8. The van der Waals surface area contributed by atoms with Gasteiger partial charge in [0.1, 0.15) is 10.4 Å². The minimum Gasteiger partial charge on any atom is -0.336 e. The van der Waals surface area contributed by atoms with Crippen LogP contribution in [0, 0.1) is 12.3 Å². The normalized spacial score (nSPS) is 11.5. The predicted molar refractivity (Wildman–Crippen MR) is 108 cm³/mol. The molecule has 0 aliphatic rings. The Hall–Kier alpha value is -2.78. The molecule has 0 atom stereocenters. The van der Waals surface area contributed by atoms with Gasteiger partial charge in [0.15, 0.2) is 0 Å². The van der Waals surface area contributed by atoms with Gasteiger partial charge in [0.2, 0.25) is 0 Å². The van der Waals surface area contributed by atoms with E-state index in [4.69, 9.17) is 6.42 Å². The molecule has 0 radical (unpaired) electrons. The number of rotatable bonds is 7. The van der Waals surface area contributed by atoms with Crippen LogP contribution >= 0.6 is 0 Å². The molecule has 0 bridgehead atoms. The molecule has 142 valence electrons. The maximum atomic E-state index is 13.1. The summed E-state index contributed by atoms with van der Waals surface area (Å²) in [6, 6.07) is 14.8. The van der Waals surface area contributed by atoms with E-state index in [1.807, 2.05) is 13.8 Å². The highest BCUT2D eigenvalue weighted by atomic mass is 32.2.